The molecule has 0 heterocycles. The van der Waals surface area contributed by atoms with Crippen LogP contribution in [0.4, 0.5) is 0 Å². The molecule has 0 unspecified atom stereocenters. The van der Waals surface area contributed by atoms with Gasteiger partial charge in [-0.1, -0.05) is 69.5 Å². The van der Waals surface area contributed by atoms with Crippen LogP contribution in [0.5, 0.6) is 0 Å². The van der Waals surface area contributed by atoms with Crippen LogP contribution in [0, 0.1) is 5.92 Å². The van der Waals surface area contributed by atoms with Gasteiger partial charge in [0, 0.05) is 0 Å². The average Bonchev–Trinajstić information content (AvgIpc) is 2.69. The molecule has 1 aliphatic rings. The highest BCUT2D eigenvalue weighted by molar-refractivity contribution is 5.92. The molecule has 0 amide bonds. The Hall–Kier alpha value is -2.09. The predicted octanol–water partition coefficient (Wildman–Crippen LogP) is 7.08. The number of carbonyl (C=O) groups is 1. The lowest BCUT2D eigenvalue weighted by atomic mass is 9.74. The highest BCUT2D eigenvalue weighted by Gasteiger charge is 2.27. The minimum atomic E-state index is -0.801. The van der Waals surface area contributed by atoms with Crippen molar-refractivity contribution in [1.82, 2.24) is 0 Å². The van der Waals surface area contributed by atoms with E-state index in [1.165, 1.54) is 31.2 Å². The highest BCUT2D eigenvalue weighted by Crippen LogP contribution is 2.42. The van der Waals surface area contributed by atoms with Crippen molar-refractivity contribution in [1.29, 1.82) is 0 Å². The number of aryl methyl sites for hydroxylation is 1. The summed E-state index contributed by atoms with van der Waals surface area (Å²) in [6, 6.07) is 14.5. The maximum Gasteiger partial charge on any atom is 0.335 e. The summed E-state index contributed by atoms with van der Waals surface area (Å²) in [5.74, 6) is 0.376. The Kier molecular flexibility index (Phi) is 6.71. The van der Waals surface area contributed by atoms with Crippen molar-refractivity contribution >= 4 is 5.97 Å². The number of aromatic carboxylic acids is 1. The van der Waals surface area contributed by atoms with E-state index in [2.05, 4.69) is 44.2 Å². The minimum absolute atomic E-state index is 0.357. The summed E-state index contributed by atoms with van der Waals surface area (Å²) in [5, 5.41) is 9.82. The molecule has 1 aliphatic carbocycles. The van der Waals surface area contributed by atoms with E-state index in [0.29, 0.717) is 11.5 Å². The van der Waals surface area contributed by atoms with E-state index in [0.717, 1.165) is 48.3 Å². The molecule has 0 atom stereocenters. The zero-order valence-corrected chi connectivity index (χ0v) is 16.7. The van der Waals surface area contributed by atoms with Crippen LogP contribution >= 0.6 is 0 Å². The fourth-order valence-corrected chi connectivity index (χ4v) is 4.73. The van der Waals surface area contributed by atoms with Gasteiger partial charge in [-0.25, -0.2) is 4.79 Å². The van der Waals surface area contributed by atoms with Gasteiger partial charge in [-0.2, -0.15) is 0 Å². The van der Waals surface area contributed by atoms with Gasteiger partial charge in [0.15, 0.2) is 0 Å². The van der Waals surface area contributed by atoms with Crippen molar-refractivity contribution in [2.75, 3.05) is 0 Å². The molecule has 144 valence electrons. The molecule has 2 aromatic carbocycles. The van der Waals surface area contributed by atoms with Crippen molar-refractivity contribution in [3.8, 4) is 11.1 Å². The second-order valence-electron chi connectivity index (χ2n) is 8.03. The molecule has 2 aromatic rings. The number of hydrogen-bond donors (Lipinski definition) is 1. The molecule has 0 bridgehead atoms. The van der Waals surface area contributed by atoms with Crippen molar-refractivity contribution in [3.63, 3.8) is 0 Å². The molecule has 27 heavy (non-hydrogen) atoms. The van der Waals surface area contributed by atoms with Crippen molar-refractivity contribution in [2.45, 2.75) is 71.1 Å². The fraction of sp³-hybridized carbons (Fsp3) is 0.480. The standard InChI is InChI=1S/C25H32O2/c1-3-6-18-10-14-20(15-11-18)22-8-5-9-23(25(26)27)24(22)21-16-12-19(7-4-2)13-17-21/h5,8-11,14-15,19,21H,3-4,6-7,12-13,16-17H2,1-2H3,(H,26,27). The molecule has 2 heteroatoms. The summed E-state index contributed by atoms with van der Waals surface area (Å²) >= 11 is 0. The molecule has 0 aromatic heterocycles. The van der Waals surface area contributed by atoms with E-state index >= 15 is 0 Å². The Morgan fingerprint density at radius 3 is 2.26 bits per heavy atom. The number of carboxylic acids is 1. The van der Waals surface area contributed by atoms with Crippen molar-refractivity contribution in [2.24, 2.45) is 5.92 Å². The Morgan fingerprint density at radius 2 is 1.67 bits per heavy atom. The first-order valence-electron chi connectivity index (χ1n) is 10.6. The molecule has 0 radical (unpaired) electrons. The lowest BCUT2D eigenvalue weighted by Gasteiger charge is -2.31. The van der Waals surface area contributed by atoms with Gasteiger partial charge in [0.05, 0.1) is 5.56 Å². The van der Waals surface area contributed by atoms with Crippen LogP contribution in [0.15, 0.2) is 42.5 Å². The minimum Gasteiger partial charge on any atom is -0.478 e. The third kappa shape index (κ3) is 4.61. The third-order valence-electron chi connectivity index (χ3n) is 6.09. The van der Waals surface area contributed by atoms with Gasteiger partial charge in [0.25, 0.3) is 0 Å². The monoisotopic (exact) mass is 364 g/mol. The summed E-state index contributed by atoms with van der Waals surface area (Å²) in [7, 11) is 0. The van der Waals surface area contributed by atoms with Gasteiger partial charge in [-0.05, 0) is 72.3 Å². The number of carboxylic acid groups (broad SMARTS) is 1. The summed E-state index contributed by atoms with van der Waals surface area (Å²) in [6.07, 6.45) is 9.44. The van der Waals surface area contributed by atoms with E-state index in [1.807, 2.05) is 6.07 Å². The Bertz CT molecular complexity index is 752. The molecule has 1 fully saturated rings. The Labute approximate surface area is 163 Å². The summed E-state index contributed by atoms with van der Waals surface area (Å²) in [4.78, 5) is 12.0. The first-order valence-corrected chi connectivity index (χ1v) is 10.6. The van der Waals surface area contributed by atoms with Gasteiger partial charge in [-0.3, -0.25) is 0 Å². The van der Waals surface area contributed by atoms with Crippen LogP contribution in [0.25, 0.3) is 11.1 Å². The fourth-order valence-electron chi connectivity index (χ4n) is 4.73. The van der Waals surface area contributed by atoms with Crippen molar-refractivity contribution < 1.29 is 9.90 Å². The lowest BCUT2D eigenvalue weighted by Crippen LogP contribution is -2.16. The maximum atomic E-state index is 12.0. The zero-order valence-electron chi connectivity index (χ0n) is 16.7. The molecule has 1 N–H and O–H groups in total. The van der Waals surface area contributed by atoms with E-state index < -0.39 is 5.97 Å². The van der Waals surface area contributed by atoms with Gasteiger partial charge in [0.1, 0.15) is 0 Å². The molecule has 2 nitrogen and oxygen atoms in total. The third-order valence-corrected chi connectivity index (χ3v) is 6.09. The maximum absolute atomic E-state index is 12.0. The van der Waals surface area contributed by atoms with E-state index in [-0.39, 0.29) is 0 Å². The largest absolute Gasteiger partial charge is 0.478 e. The number of hydrogen-bond acceptors (Lipinski definition) is 1. The normalized spacial score (nSPS) is 19.8. The number of rotatable bonds is 7. The summed E-state index contributed by atoms with van der Waals surface area (Å²) in [6.45, 7) is 4.45. The quantitative estimate of drug-likeness (QED) is 0.570. The first-order chi connectivity index (χ1) is 13.1. The van der Waals surface area contributed by atoms with Crippen LogP contribution in [0.2, 0.25) is 0 Å². The van der Waals surface area contributed by atoms with Gasteiger partial charge in [-0.15, -0.1) is 0 Å². The molecular weight excluding hydrogens is 332 g/mol. The second-order valence-corrected chi connectivity index (χ2v) is 8.03. The van der Waals surface area contributed by atoms with Crippen LogP contribution in [0.3, 0.4) is 0 Å². The van der Waals surface area contributed by atoms with Crippen LogP contribution in [-0.4, -0.2) is 11.1 Å². The van der Waals surface area contributed by atoms with Crippen LogP contribution < -0.4 is 0 Å². The summed E-state index contributed by atoms with van der Waals surface area (Å²) < 4.78 is 0. The van der Waals surface area contributed by atoms with Crippen LogP contribution in [-0.2, 0) is 6.42 Å². The second kappa shape index (κ2) is 9.21. The average molecular weight is 365 g/mol. The van der Waals surface area contributed by atoms with E-state index in [4.69, 9.17) is 0 Å². The highest BCUT2D eigenvalue weighted by atomic mass is 16.4. The van der Waals surface area contributed by atoms with Crippen LogP contribution in [0.1, 0.15) is 86.2 Å². The van der Waals surface area contributed by atoms with Crippen molar-refractivity contribution in [3.05, 3.63) is 59.2 Å². The predicted molar refractivity (Wildman–Crippen MR) is 112 cm³/mol. The SMILES string of the molecule is CCCc1ccc(-c2cccc(C(=O)O)c2C2CCC(CCC)CC2)cc1. The van der Waals surface area contributed by atoms with Gasteiger partial charge in [0.2, 0.25) is 0 Å². The molecule has 3 rings (SSSR count). The lowest BCUT2D eigenvalue weighted by molar-refractivity contribution is 0.0694. The smallest absolute Gasteiger partial charge is 0.335 e. The first kappa shape index (κ1) is 19.7. The van der Waals surface area contributed by atoms with Gasteiger partial charge >= 0.3 is 5.97 Å². The molecular formula is C25H32O2. The Morgan fingerprint density at radius 1 is 0.963 bits per heavy atom. The molecule has 0 spiro atoms. The topological polar surface area (TPSA) is 37.3 Å². The van der Waals surface area contributed by atoms with Gasteiger partial charge < -0.3 is 5.11 Å². The molecule has 0 aliphatic heterocycles. The van der Waals surface area contributed by atoms with E-state index in [9.17, 15) is 9.90 Å². The zero-order chi connectivity index (χ0) is 19.2. The van der Waals surface area contributed by atoms with E-state index in [1.54, 1.807) is 6.07 Å². The molecule has 0 saturated heterocycles. The number of benzene rings is 2. The summed E-state index contributed by atoms with van der Waals surface area (Å²) in [5.41, 5.74) is 5.14. The Balaban J connectivity index is 1.95. The molecule has 1 saturated carbocycles.